The Labute approximate surface area is 191 Å². The Kier molecular flexibility index (Phi) is 6.10. The molecule has 1 unspecified atom stereocenters. The Bertz CT molecular complexity index is 1210. The lowest BCUT2D eigenvalue weighted by atomic mass is 9.89. The summed E-state index contributed by atoms with van der Waals surface area (Å²) < 4.78 is 41.1. The molecule has 0 amide bonds. The minimum atomic E-state index is -3.73. The number of rotatable bonds is 5. The second-order valence-corrected chi connectivity index (χ2v) is 10.2. The third kappa shape index (κ3) is 3.86. The van der Waals surface area contributed by atoms with E-state index in [1.165, 1.54) is 0 Å². The smallest absolute Gasteiger partial charge is 0.243 e. The first kappa shape index (κ1) is 21.9. The van der Waals surface area contributed by atoms with Gasteiger partial charge < -0.3 is 9.47 Å². The summed E-state index contributed by atoms with van der Waals surface area (Å²) >= 11 is 3.63. The molecular weight excluding hydrogens is 478 g/mol. The Morgan fingerprint density at radius 3 is 2.29 bits per heavy atom. The number of aryl methyl sites for hydroxylation is 1. The van der Waals surface area contributed by atoms with Crippen LogP contribution in [0.4, 0.5) is 0 Å². The van der Waals surface area contributed by atoms with Gasteiger partial charge in [0.1, 0.15) is 0 Å². The summed E-state index contributed by atoms with van der Waals surface area (Å²) in [5, 5.41) is 0. The van der Waals surface area contributed by atoms with Gasteiger partial charge in [0.15, 0.2) is 11.5 Å². The zero-order valence-electron chi connectivity index (χ0n) is 17.6. The molecule has 0 radical (unpaired) electrons. The molecule has 1 heterocycles. The van der Waals surface area contributed by atoms with Crippen LogP contribution in [0.25, 0.3) is 0 Å². The topological polar surface area (TPSA) is 55.8 Å². The fraction of sp³-hybridized carbons (Fsp3) is 0.250. The van der Waals surface area contributed by atoms with Crippen LogP contribution in [0, 0.1) is 6.92 Å². The highest BCUT2D eigenvalue weighted by molar-refractivity contribution is 9.10. The van der Waals surface area contributed by atoms with Gasteiger partial charge in [-0.25, -0.2) is 8.42 Å². The molecule has 1 aliphatic rings. The van der Waals surface area contributed by atoms with E-state index in [2.05, 4.69) is 15.9 Å². The predicted molar refractivity (Wildman–Crippen MR) is 124 cm³/mol. The van der Waals surface area contributed by atoms with Crippen molar-refractivity contribution < 1.29 is 17.9 Å². The van der Waals surface area contributed by atoms with Crippen LogP contribution >= 0.6 is 15.9 Å². The molecule has 0 saturated heterocycles. The Morgan fingerprint density at radius 1 is 0.935 bits per heavy atom. The number of benzene rings is 3. The number of nitrogens with zero attached hydrogens (tertiary/aromatic N) is 1. The molecule has 0 saturated carbocycles. The van der Waals surface area contributed by atoms with Crippen molar-refractivity contribution in [3.05, 3.63) is 87.4 Å². The molecule has 4 rings (SSSR count). The summed E-state index contributed by atoms with van der Waals surface area (Å²) in [6.07, 6.45) is 0.530. The van der Waals surface area contributed by atoms with Crippen LogP contribution in [0.2, 0.25) is 0 Å². The van der Waals surface area contributed by atoms with Gasteiger partial charge in [0, 0.05) is 16.6 Å². The summed E-state index contributed by atoms with van der Waals surface area (Å²) in [5.41, 5.74) is 3.76. The number of sulfonamides is 1. The van der Waals surface area contributed by atoms with Crippen molar-refractivity contribution in [2.45, 2.75) is 24.3 Å². The molecule has 3 aromatic carbocycles. The maximum atomic E-state index is 13.7. The number of methoxy groups -OCH3 is 2. The van der Waals surface area contributed by atoms with Crippen molar-refractivity contribution in [2.24, 2.45) is 0 Å². The lowest BCUT2D eigenvalue weighted by molar-refractivity contribution is 0.321. The van der Waals surface area contributed by atoms with Crippen LogP contribution in [-0.4, -0.2) is 33.5 Å². The van der Waals surface area contributed by atoms with Crippen LogP contribution in [0.15, 0.2) is 70.0 Å². The first-order valence-electron chi connectivity index (χ1n) is 9.95. The number of halogens is 1. The van der Waals surface area contributed by atoms with Gasteiger partial charge in [0.2, 0.25) is 10.0 Å². The number of ether oxygens (including phenoxy) is 2. The summed E-state index contributed by atoms with van der Waals surface area (Å²) in [6, 6.07) is 18.0. The van der Waals surface area contributed by atoms with E-state index in [9.17, 15) is 8.42 Å². The SMILES string of the molecule is COc1ccc2c(c1OC)CCN(S(=O)(=O)c1ccc(C)cc1)C2c1ccccc1Br. The van der Waals surface area contributed by atoms with Gasteiger partial charge in [-0.15, -0.1) is 0 Å². The molecule has 0 spiro atoms. The molecule has 1 aliphatic heterocycles. The molecule has 0 fully saturated rings. The van der Waals surface area contributed by atoms with E-state index in [1.807, 2.05) is 55.5 Å². The molecule has 5 nitrogen and oxygen atoms in total. The molecule has 0 aromatic heterocycles. The van der Waals surface area contributed by atoms with Crippen LogP contribution in [-0.2, 0) is 16.4 Å². The van der Waals surface area contributed by atoms with Crippen LogP contribution in [0.1, 0.15) is 28.3 Å². The van der Waals surface area contributed by atoms with Crippen molar-refractivity contribution >= 4 is 26.0 Å². The molecule has 0 N–H and O–H groups in total. The first-order chi connectivity index (χ1) is 14.9. The number of hydrogen-bond donors (Lipinski definition) is 0. The van der Waals surface area contributed by atoms with Crippen LogP contribution in [0.5, 0.6) is 11.5 Å². The van der Waals surface area contributed by atoms with E-state index in [0.717, 1.165) is 26.7 Å². The highest BCUT2D eigenvalue weighted by atomic mass is 79.9. The molecule has 0 aliphatic carbocycles. The van der Waals surface area contributed by atoms with Gasteiger partial charge in [-0.3, -0.25) is 0 Å². The minimum absolute atomic E-state index is 0.291. The van der Waals surface area contributed by atoms with Gasteiger partial charge in [-0.1, -0.05) is 57.9 Å². The summed E-state index contributed by atoms with van der Waals surface area (Å²) in [4.78, 5) is 0.291. The Balaban J connectivity index is 1.93. The molecule has 7 heteroatoms. The van der Waals surface area contributed by atoms with Crippen molar-refractivity contribution in [3.63, 3.8) is 0 Å². The maximum absolute atomic E-state index is 13.7. The fourth-order valence-electron chi connectivity index (χ4n) is 4.15. The average Bonchev–Trinajstić information content (AvgIpc) is 2.78. The van der Waals surface area contributed by atoms with Gasteiger partial charge in [0.05, 0.1) is 25.2 Å². The van der Waals surface area contributed by atoms with Crippen molar-refractivity contribution in [2.75, 3.05) is 20.8 Å². The fourth-order valence-corrected chi connectivity index (χ4v) is 6.24. The van der Waals surface area contributed by atoms with Crippen molar-refractivity contribution in [3.8, 4) is 11.5 Å². The Hall–Kier alpha value is -2.35. The molecule has 3 aromatic rings. The van der Waals surface area contributed by atoms with E-state index < -0.39 is 16.1 Å². The third-order valence-corrected chi connectivity index (χ3v) is 8.28. The summed E-state index contributed by atoms with van der Waals surface area (Å²) in [6.45, 7) is 2.27. The van der Waals surface area contributed by atoms with Crippen LogP contribution in [0.3, 0.4) is 0 Å². The largest absolute Gasteiger partial charge is 0.493 e. The lowest BCUT2D eigenvalue weighted by Gasteiger charge is -2.38. The Morgan fingerprint density at radius 2 is 1.65 bits per heavy atom. The van der Waals surface area contributed by atoms with Gasteiger partial charge in [-0.2, -0.15) is 4.31 Å². The molecule has 0 bridgehead atoms. The zero-order chi connectivity index (χ0) is 22.2. The summed E-state index contributed by atoms with van der Waals surface area (Å²) in [5.74, 6) is 1.30. The average molecular weight is 502 g/mol. The van der Waals surface area contributed by atoms with Gasteiger partial charge >= 0.3 is 0 Å². The van der Waals surface area contributed by atoms with E-state index >= 15 is 0 Å². The minimum Gasteiger partial charge on any atom is -0.493 e. The highest BCUT2D eigenvalue weighted by Gasteiger charge is 2.39. The van der Waals surface area contributed by atoms with E-state index in [-0.39, 0.29) is 0 Å². The molecule has 1 atom stereocenters. The molecule has 31 heavy (non-hydrogen) atoms. The standard InChI is InChI=1S/C24H24BrNO4S/c1-16-8-10-17(11-9-16)31(27,28)26-15-14-19-18(12-13-22(29-2)24(19)30-3)23(26)20-6-4-5-7-21(20)25/h4-13,23H,14-15H2,1-3H3. The van der Waals surface area contributed by atoms with E-state index in [1.54, 1.807) is 30.7 Å². The maximum Gasteiger partial charge on any atom is 0.243 e. The molecular formula is C24H24BrNO4S. The van der Waals surface area contributed by atoms with Gasteiger partial charge in [-0.05, 0) is 48.7 Å². The van der Waals surface area contributed by atoms with Crippen molar-refractivity contribution in [1.29, 1.82) is 0 Å². The second kappa shape index (κ2) is 8.65. The lowest BCUT2D eigenvalue weighted by Crippen LogP contribution is -2.40. The third-order valence-electron chi connectivity index (χ3n) is 5.68. The highest BCUT2D eigenvalue weighted by Crippen LogP contribution is 2.46. The second-order valence-electron chi connectivity index (χ2n) is 7.47. The quantitative estimate of drug-likeness (QED) is 0.487. The van der Waals surface area contributed by atoms with E-state index in [4.69, 9.17) is 9.47 Å². The zero-order valence-corrected chi connectivity index (χ0v) is 20.0. The summed E-state index contributed by atoms with van der Waals surface area (Å²) in [7, 11) is -0.515. The van der Waals surface area contributed by atoms with Gasteiger partial charge in [0.25, 0.3) is 0 Å². The normalized spacial score (nSPS) is 16.6. The first-order valence-corrected chi connectivity index (χ1v) is 12.2. The molecule has 162 valence electrons. The number of fused-ring (bicyclic) bond motifs is 1. The van der Waals surface area contributed by atoms with E-state index in [0.29, 0.717) is 29.4 Å². The van der Waals surface area contributed by atoms with Crippen LogP contribution < -0.4 is 9.47 Å². The monoisotopic (exact) mass is 501 g/mol. The predicted octanol–water partition coefficient (Wildman–Crippen LogP) is 5.11. The number of hydrogen-bond acceptors (Lipinski definition) is 4. The van der Waals surface area contributed by atoms with Crippen molar-refractivity contribution in [1.82, 2.24) is 4.31 Å².